The number of rotatable bonds is 3. The molecule has 0 radical (unpaired) electrons. The molecule has 138 valence electrons. The Morgan fingerprint density at radius 3 is 2.35 bits per heavy atom. The molecule has 5 heteroatoms. The van der Waals surface area contributed by atoms with Crippen LogP contribution in [-0.4, -0.2) is 32.6 Å². The molecule has 4 nitrogen and oxygen atoms in total. The van der Waals surface area contributed by atoms with Gasteiger partial charge in [-0.2, -0.15) is 0 Å². The molecule has 4 rings (SSSR count). The number of benzene rings is 1. The van der Waals surface area contributed by atoms with Crippen molar-refractivity contribution in [2.75, 3.05) is 0 Å². The summed E-state index contributed by atoms with van der Waals surface area (Å²) in [5, 5.41) is 10.6. The van der Waals surface area contributed by atoms with Crippen molar-refractivity contribution in [1.82, 2.24) is 9.47 Å². The zero-order valence-electron chi connectivity index (χ0n) is 15.2. The summed E-state index contributed by atoms with van der Waals surface area (Å²) in [4.78, 5) is 15.3. The van der Waals surface area contributed by atoms with Gasteiger partial charge in [0, 0.05) is 23.3 Å². The lowest BCUT2D eigenvalue weighted by Gasteiger charge is -2.38. The molecule has 0 saturated heterocycles. The molecule has 0 bridgehead atoms. The van der Waals surface area contributed by atoms with Crippen molar-refractivity contribution >= 4 is 17.5 Å². The number of halogens is 1. The average molecular weight is 373 g/mol. The van der Waals surface area contributed by atoms with Gasteiger partial charge < -0.3 is 14.6 Å². The summed E-state index contributed by atoms with van der Waals surface area (Å²) in [6.07, 6.45) is 5.01. The molecule has 1 aromatic carbocycles. The molecule has 1 N–H and O–H groups in total. The van der Waals surface area contributed by atoms with Gasteiger partial charge >= 0.3 is 0 Å². The Morgan fingerprint density at radius 2 is 1.73 bits per heavy atom. The van der Waals surface area contributed by atoms with E-state index in [-0.39, 0.29) is 30.1 Å². The van der Waals surface area contributed by atoms with Gasteiger partial charge in [-0.15, -0.1) is 0 Å². The lowest BCUT2D eigenvalue weighted by Crippen LogP contribution is -2.42. The first-order chi connectivity index (χ1) is 12.5. The molecule has 2 heterocycles. The number of aromatic nitrogens is 1. The van der Waals surface area contributed by atoms with Crippen LogP contribution in [0.1, 0.15) is 73.2 Å². The highest BCUT2D eigenvalue weighted by atomic mass is 35.5. The van der Waals surface area contributed by atoms with E-state index in [1.54, 1.807) is 0 Å². The first kappa shape index (κ1) is 17.6. The van der Waals surface area contributed by atoms with Crippen molar-refractivity contribution < 1.29 is 9.90 Å². The molecule has 2 aliphatic rings. The van der Waals surface area contributed by atoms with Crippen LogP contribution in [0.3, 0.4) is 0 Å². The topological polar surface area (TPSA) is 45.5 Å². The van der Waals surface area contributed by atoms with Gasteiger partial charge in [0.1, 0.15) is 0 Å². The third-order valence-corrected chi connectivity index (χ3v) is 6.01. The molecule has 1 aliphatic carbocycles. The first-order valence-corrected chi connectivity index (χ1v) is 9.82. The largest absolute Gasteiger partial charge is 0.393 e. The third kappa shape index (κ3) is 2.85. The molecule has 1 aliphatic heterocycles. The zero-order valence-corrected chi connectivity index (χ0v) is 16.0. The molecule has 1 amide bonds. The maximum atomic E-state index is 13.3. The smallest absolute Gasteiger partial charge is 0.256 e. The molecule has 0 spiro atoms. The van der Waals surface area contributed by atoms with Gasteiger partial charge in [0.2, 0.25) is 0 Å². The number of nitrogens with zero attached hydrogens (tertiary/aromatic N) is 2. The summed E-state index contributed by atoms with van der Waals surface area (Å²) in [7, 11) is 0. The fraction of sp³-hybridized carbons (Fsp3) is 0.476. The molecule has 1 atom stereocenters. The van der Waals surface area contributed by atoms with E-state index in [9.17, 15) is 9.90 Å². The fourth-order valence-corrected chi connectivity index (χ4v) is 4.57. The van der Waals surface area contributed by atoms with Crippen molar-refractivity contribution in [3.63, 3.8) is 0 Å². The Bertz CT molecular complexity index is 804. The number of aliphatic hydroxyl groups excluding tert-OH is 1. The van der Waals surface area contributed by atoms with E-state index in [4.69, 9.17) is 11.6 Å². The Kier molecular flexibility index (Phi) is 4.57. The Hall–Kier alpha value is -1.78. The second-order valence-electron chi connectivity index (χ2n) is 7.74. The van der Waals surface area contributed by atoms with Crippen molar-refractivity contribution in [2.45, 2.75) is 63.8 Å². The summed E-state index contributed by atoms with van der Waals surface area (Å²) in [5.74, 6) is 0.112. The van der Waals surface area contributed by atoms with Crippen LogP contribution in [-0.2, 0) is 0 Å². The lowest BCUT2D eigenvalue weighted by atomic mass is 9.90. The van der Waals surface area contributed by atoms with E-state index in [0.29, 0.717) is 5.02 Å². The number of carbonyl (C=O) groups excluding carboxylic acids is 1. The number of amides is 1. The molecule has 1 fully saturated rings. The maximum Gasteiger partial charge on any atom is 0.256 e. The molecule has 2 aromatic rings. The lowest BCUT2D eigenvalue weighted by molar-refractivity contribution is 0.0457. The van der Waals surface area contributed by atoms with Gasteiger partial charge in [-0.25, -0.2) is 0 Å². The second-order valence-corrected chi connectivity index (χ2v) is 8.18. The average Bonchev–Trinajstić information content (AvgIpc) is 3.16. The Balaban J connectivity index is 1.80. The number of carbonyl (C=O) groups is 1. The molecule has 26 heavy (non-hydrogen) atoms. The quantitative estimate of drug-likeness (QED) is 0.857. The van der Waals surface area contributed by atoms with E-state index < -0.39 is 0 Å². The SMILES string of the molecule is CC(C)n1ccc2c1C(c1ccc(Cl)cc1)N([C@H]1CC[C@H](O)CC1)C2=O. The Labute approximate surface area is 159 Å². The van der Waals surface area contributed by atoms with Crippen molar-refractivity contribution in [1.29, 1.82) is 0 Å². The van der Waals surface area contributed by atoms with Gasteiger partial charge in [0.15, 0.2) is 0 Å². The second kappa shape index (κ2) is 6.75. The first-order valence-electron chi connectivity index (χ1n) is 9.44. The molecule has 1 unspecified atom stereocenters. The van der Waals surface area contributed by atoms with Crippen LogP contribution < -0.4 is 0 Å². The van der Waals surface area contributed by atoms with E-state index >= 15 is 0 Å². The number of hydrogen-bond acceptors (Lipinski definition) is 2. The number of hydrogen-bond donors (Lipinski definition) is 1. The van der Waals surface area contributed by atoms with Gasteiger partial charge in [0.05, 0.1) is 23.4 Å². The predicted octanol–water partition coefficient (Wildman–Crippen LogP) is 4.57. The van der Waals surface area contributed by atoms with E-state index in [0.717, 1.165) is 42.5 Å². The van der Waals surface area contributed by atoms with Gasteiger partial charge in [0.25, 0.3) is 5.91 Å². The number of aliphatic hydroxyl groups is 1. The minimum atomic E-state index is -0.232. The van der Waals surface area contributed by atoms with Crippen molar-refractivity contribution in [3.05, 3.63) is 58.4 Å². The minimum absolute atomic E-state index is 0.0904. The highest BCUT2D eigenvalue weighted by molar-refractivity contribution is 6.30. The molecular weight excluding hydrogens is 348 g/mol. The van der Waals surface area contributed by atoms with Crippen molar-refractivity contribution in [2.24, 2.45) is 0 Å². The molecular formula is C21H25ClN2O2. The van der Waals surface area contributed by atoms with Gasteiger partial charge in [-0.3, -0.25) is 4.79 Å². The van der Waals surface area contributed by atoms with Crippen LogP contribution >= 0.6 is 11.6 Å². The zero-order chi connectivity index (χ0) is 18.4. The van der Waals surface area contributed by atoms with Crippen LogP contribution in [0, 0.1) is 0 Å². The highest BCUT2D eigenvalue weighted by Gasteiger charge is 2.44. The van der Waals surface area contributed by atoms with Crippen LogP contribution in [0.15, 0.2) is 36.5 Å². The highest BCUT2D eigenvalue weighted by Crippen LogP contribution is 2.44. The van der Waals surface area contributed by atoms with Crippen LogP contribution in [0.5, 0.6) is 0 Å². The van der Waals surface area contributed by atoms with Crippen LogP contribution in [0.4, 0.5) is 0 Å². The summed E-state index contributed by atoms with van der Waals surface area (Å²) >= 11 is 6.10. The van der Waals surface area contributed by atoms with Crippen LogP contribution in [0.25, 0.3) is 0 Å². The molecule has 1 saturated carbocycles. The van der Waals surface area contributed by atoms with Crippen molar-refractivity contribution in [3.8, 4) is 0 Å². The standard InChI is InChI=1S/C21H25ClN2O2/c1-13(2)23-12-11-18-20(23)19(14-3-5-15(22)6-4-14)24(21(18)26)16-7-9-17(25)10-8-16/h3-6,11-13,16-17,19,25H,7-10H2,1-2H3/t16-,17-,19?. The maximum absolute atomic E-state index is 13.3. The normalized spacial score (nSPS) is 25.8. The predicted molar refractivity (Wildman–Crippen MR) is 103 cm³/mol. The van der Waals surface area contributed by atoms with Gasteiger partial charge in [-0.05, 0) is 63.3 Å². The Morgan fingerprint density at radius 1 is 1.08 bits per heavy atom. The summed E-state index contributed by atoms with van der Waals surface area (Å²) in [6, 6.07) is 10.2. The van der Waals surface area contributed by atoms with Crippen LogP contribution in [0.2, 0.25) is 5.02 Å². The van der Waals surface area contributed by atoms with E-state index in [1.165, 1.54) is 0 Å². The minimum Gasteiger partial charge on any atom is -0.393 e. The third-order valence-electron chi connectivity index (χ3n) is 5.76. The van der Waals surface area contributed by atoms with Gasteiger partial charge in [-0.1, -0.05) is 23.7 Å². The molecule has 1 aromatic heterocycles. The monoisotopic (exact) mass is 372 g/mol. The summed E-state index contributed by atoms with van der Waals surface area (Å²) in [6.45, 7) is 4.28. The fourth-order valence-electron chi connectivity index (χ4n) is 4.44. The summed E-state index contributed by atoms with van der Waals surface area (Å²) in [5.41, 5.74) is 2.98. The number of fused-ring (bicyclic) bond motifs is 1. The van der Waals surface area contributed by atoms with E-state index in [2.05, 4.69) is 23.3 Å². The van der Waals surface area contributed by atoms with E-state index in [1.807, 2.05) is 36.5 Å². The summed E-state index contributed by atoms with van der Waals surface area (Å²) < 4.78 is 2.21.